The highest BCUT2D eigenvalue weighted by atomic mass is 16.6. The Hall–Kier alpha value is -8.40. The van der Waals surface area contributed by atoms with Crippen molar-refractivity contribution >= 4 is 47.2 Å². The molecule has 4 bridgehead atoms. The first-order valence-corrected chi connectivity index (χ1v) is 25.4. The maximum atomic E-state index is 14.1. The Morgan fingerprint density at radius 2 is 0.959 bits per heavy atom. The number of carbonyl (C=O) groups is 6. The number of nitrogens with zero attached hydrogens (tertiary/aromatic N) is 4. The van der Waals surface area contributed by atoms with Crippen LogP contribution in [0.1, 0.15) is 85.0 Å². The van der Waals surface area contributed by atoms with Crippen LogP contribution in [0.2, 0.25) is 0 Å². The van der Waals surface area contributed by atoms with E-state index in [1.807, 2.05) is 36.4 Å². The van der Waals surface area contributed by atoms with E-state index in [0.717, 1.165) is 59.1 Å². The lowest BCUT2D eigenvalue weighted by molar-refractivity contribution is -0.138. The molecule has 6 aromatic rings. The minimum atomic E-state index is -1.05. The van der Waals surface area contributed by atoms with Gasteiger partial charge in [-0.1, -0.05) is 60.7 Å². The molecular weight excluding hydrogens is 937 g/mol. The van der Waals surface area contributed by atoms with E-state index in [9.17, 15) is 28.8 Å². The number of likely N-dealkylation sites (tertiary alicyclic amines) is 2. The van der Waals surface area contributed by atoms with Gasteiger partial charge in [0.15, 0.2) is 0 Å². The van der Waals surface area contributed by atoms with E-state index in [-0.39, 0.29) is 25.0 Å². The second-order valence-electron chi connectivity index (χ2n) is 18.7. The van der Waals surface area contributed by atoms with E-state index >= 15 is 0 Å². The van der Waals surface area contributed by atoms with Gasteiger partial charge in [0.2, 0.25) is 11.8 Å². The summed E-state index contributed by atoms with van der Waals surface area (Å²) >= 11 is 0. The van der Waals surface area contributed by atoms with Gasteiger partial charge in [-0.2, -0.15) is 0 Å². The van der Waals surface area contributed by atoms with Gasteiger partial charge < -0.3 is 40.5 Å². The fraction of sp³-hybridized carbons (Fsp3) is 0.310. The zero-order valence-electron chi connectivity index (χ0n) is 41.6. The second-order valence-corrected chi connectivity index (χ2v) is 18.7. The molecule has 0 saturated carbocycles. The quantitative estimate of drug-likeness (QED) is 0.0820. The highest BCUT2D eigenvalue weighted by Crippen LogP contribution is 2.34. The molecule has 4 N–H and O–H groups in total. The minimum absolute atomic E-state index is 0.143. The maximum absolute atomic E-state index is 14.1. The smallest absolute Gasteiger partial charge is 0.408 e. The lowest BCUT2D eigenvalue weighted by Gasteiger charge is -2.28. The Morgan fingerprint density at radius 1 is 0.541 bits per heavy atom. The van der Waals surface area contributed by atoms with Gasteiger partial charge in [-0.15, -0.1) is 0 Å². The van der Waals surface area contributed by atoms with Crippen LogP contribution in [-0.2, 0) is 54.3 Å². The van der Waals surface area contributed by atoms with E-state index in [1.54, 1.807) is 72.7 Å². The number of hydrogen-bond donors (Lipinski definition) is 4. The van der Waals surface area contributed by atoms with E-state index < -0.39 is 48.2 Å². The number of amides is 6. The highest BCUT2D eigenvalue weighted by Gasteiger charge is 2.40. The summed E-state index contributed by atoms with van der Waals surface area (Å²) in [5, 5.41) is 11.6. The molecule has 2 fully saturated rings. The molecule has 6 amide bonds. The molecule has 380 valence electrons. The SMILES string of the molecule is CCOC(=O)N[C@H](C(=O)N1CCC[C@H]1C(=O)Nc1cccc(-c2cc3ccc2CCc2ccc(c(-c4cccc(NC(=O)[C@@H]5CCCN5C(=O)[C@@H](NC(=O)OCC)c5ccncc5)c4)c2)CC3)c1)c1ccncc1. The second kappa shape index (κ2) is 23.4. The molecule has 4 heterocycles. The largest absolute Gasteiger partial charge is 0.450 e. The van der Waals surface area contributed by atoms with Crippen molar-refractivity contribution in [2.75, 3.05) is 36.9 Å². The van der Waals surface area contributed by atoms with Crippen LogP contribution in [0.15, 0.2) is 134 Å². The molecule has 12 rings (SSSR count). The summed E-state index contributed by atoms with van der Waals surface area (Å²) in [6.07, 6.45) is 10.0. The van der Waals surface area contributed by atoms with Gasteiger partial charge in [0, 0.05) is 49.3 Å². The molecule has 0 spiro atoms. The van der Waals surface area contributed by atoms with E-state index in [1.165, 1.54) is 11.1 Å². The minimum Gasteiger partial charge on any atom is -0.450 e. The molecule has 16 heteroatoms. The number of aryl methyl sites for hydroxylation is 4. The first-order valence-electron chi connectivity index (χ1n) is 25.4. The topological polar surface area (TPSA) is 201 Å². The number of aromatic nitrogens is 2. The number of alkyl carbamates (subject to hydrolysis) is 2. The van der Waals surface area contributed by atoms with Gasteiger partial charge in [0.05, 0.1) is 13.2 Å². The number of hydrogen-bond acceptors (Lipinski definition) is 10. The third-order valence-corrected chi connectivity index (χ3v) is 13.9. The summed E-state index contributed by atoms with van der Waals surface area (Å²) < 4.78 is 10.2. The fourth-order valence-corrected chi connectivity index (χ4v) is 10.3. The number of pyridine rings is 2. The lowest BCUT2D eigenvalue weighted by atomic mass is 9.87. The fourth-order valence-electron chi connectivity index (χ4n) is 10.3. The van der Waals surface area contributed by atoms with Gasteiger partial charge in [0.1, 0.15) is 24.2 Å². The third-order valence-electron chi connectivity index (χ3n) is 13.9. The highest BCUT2D eigenvalue weighted by molar-refractivity contribution is 6.00. The average Bonchev–Trinajstić information content (AvgIpc) is 4.13. The molecule has 2 aliphatic heterocycles. The Labute approximate surface area is 430 Å². The molecule has 2 saturated heterocycles. The molecule has 16 nitrogen and oxygen atoms in total. The van der Waals surface area contributed by atoms with E-state index in [4.69, 9.17) is 9.47 Å². The van der Waals surface area contributed by atoms with Crippen molar-refractivity contribution < 1.29 is 38.2 Å². The monoisotopic (exact) mass is 996 g/mol. The Morgan fingerprint density at radius 3 is 1.36 bits per heavy atom. The molecule has 4 aliphatic carbocycles. The van der Waals surface area contributed by atoms with Gasteiger partial charge in [-0.3, -0.25) is 29.1 Å². The van der Waals surface area contributed by atoms with Crippen LogP contribution in [0.5, 0.6) is 0 Å². The van der Waals surface area contributed by atoms with Crippen LogP contribution >= 0.6 is 0 Å². The summed E-state index contributed by atoms with van der Waals surface area (Å²) in [7, 11) is 0. The first kappa shape index (κ1) is 50.5. The van der Waals surface area contributed by atoms with Crippen molar-refractivity contribution in [1.29, 1.82) is 0 Å². The van der Waals surface area contributed by atoms with Crippen molar-refractivity contribution in [2.45, 2.75) is 89.4 Å². The Bertz CT molecular complexity index is 2820. The Balaban J connectivity index is 0.881. The van der Waals surface area contributed by atoms with E-state index in [0.29, 0.717) is 61.3 Å². The summed E-state index contributed by atoms with van der Waals surface area (Å²) in [4.78, 5) is 92.4. The standard InChI is InChI=1S/C58H60N8O8/c1-3-73-57(71)63-51(41-23-27-59-28-24-41)55(69)65-31-7-13-49(65)53(67)61-45-11-5-9-43(35-45)47-33-37-15-19-39(47)21-17-38-16-20-40(22-18-37)48(34-38)44-10-6-12-46(36-44)62-54(68)50-14-8-32-66(50)56(70)52(64-58(72)74-4-2)42-25-29-60-30-26-42/h5-6,9-12,15-16,19-20,23-30,33-36,49-52H,3-4,7-8,13-14,17-18,21-22,31-32H2,1-2H3,(H,61,67)(H,62,68)(H,63,71)(H,64,72)/t49-,50-,51-,52-/m0/s1. The summed E-state index contributed by atoms with van der Waals surface area (Å²) in [6, 6.07) is 32.0. The zero-order chi connectivity index (χ0) is 51.6. The van der Waals surface area contributed by atoms with Crippen LogP contribution in [0, 0.1) is 0 Å². The summed E-state index contributed by atoms with van der Waals surface area (Å²) in [6.45, 7) is 4.40. The van der Waals surface area contributed by atoms with Crippen LogP contribution in [0.4, 0.5) is 21.0 Å². The van der Waals surface area contributed by atoms with Gasteiger partial charge >= 0.3 is 12.2 Å². The van der Waals surface area contributed by atoms with Gasteiger partial charge in [-0.05, 0) is 169 Å². The van der Waals surface area contributed by atoms with E-state index in [2.05, 4.69) is 79.8 Å². The zero-order valence-corrected chi connectivity index (χ0v) is 41.6. The van der Waals surface area contributed by atoms with Gasteiger partial charge in [-0.25, -0.2) is 9.59 Å². The number of rotatable bonds is 14. The van der Waals surface area contributed by atoms with Crippen molar-refractivity contribution in [3.05, 3.63) is 167 Å². The van der Waals surface area contributed by atoms with Crippen molar-refractivity contribution in [3.8, 4) is 22.3 Å². The number of benzene rings is 4. The maximum Gasteiger partial charge on any atom is 0.408 e. The van der Waals surface area contributed by atoms with Crippen LogP contribution in [0.3, 0.4) is 0 Å². The predicted molar refractivity (Wildman–Crippen MR) is 280 cm³/mol. The molecule has 6 aliphatic rings. The van der Waals surface area contributed by atoms with Crippen molar-refractivity contribution in [1.82, 2.24) is 30.4 Å². The summed E-state index contributed by atoms with van der Waals surface area (Å²) in [5.74, 6) is -1.39. The van der Waals surface area contributed by atoms with Crippen LogP contribution in [-0.4, -0.2) is 94.0 Å². The number of anilines is 2. The van der Waals surface area contributed by atoms with Crippen molar-refractivity contribution in [2.24, 2.45) is 0 Å². The first-order chi connectivity index (χ1) is 36.1. The molecule has 74 heavy (non-hydrogen) atoms. The molecule has 2 aromatic heterocycles. The summed E-state index contributed by atoms with van der Waals surface area (Å²) in [5.41, 5.74) is 11.1. The van der Waals surface area contributed by atoms with Gasteiger partial charge in [0.25, 0.3) is 11.8 Å². The number of nitrogens with one attached hydrogen (secondary N) is 4. The number of carbonyl (C=O) groups excluding carboxylic acids is 6. The predicted octanol–water partition coefficient (Wildman–Crippen LogP) is 8.53. The third kappa shape index (κ3) is 11.8. The molecule has 4 aromatic carbocycles. The molecule has 4 atom stereocenters. The lowest BCUT2D eigenvalue weighted by Crippen LogP contribution is -2.48. The van der Waals surface area contributed by atoms with Crippen LogP contribution in [0.25, 0.3) is 22.3 Å². The molecular formula is C58H60N8O8. The van der Waals surface area contributed by atoms with Crippen molar-refractivity contribution in [3.63, 3.8) is 0 Å². The van der Waals surface area contributed by atoms with Crippen LogP contribution < -0.4 is 21.3 Å². The normalized spacial score (nSPS) is 16.8. The Kier molecular flexibility index (Phi) is 16.0. The molecule has 0 unspecified atom stereocenters. The number of ether oxygens (including phenoxy) is 2. The molecule has 0 radical (unpaired) electrons. The average molecular weight is 997 g/mol.